The highest BCUT2D eigenvalue weighted by atomic mass is 79.9. The minimum atomic E-state index is -0.131. The molecule has 17 heavy (non-hydrogen) atoms. The second-order valence-electron chi connectivity index (χ2n) is 3.71. The molecule has 1 N–H and O–H groups in total. The first-order valence-corrected chi connectivity index (χ1v) is 6.51. The zero-order valence-electron chi connectivity index (χ0n) is 9.90. The number of unbranched alkanes of at least 4 members (excludes halogenated alkanes) is 1. The Hall–Kier alpha value is -0.940. The summed E-state index contributed by atoms with van der Waals surface area (Å²) in [7, 11) is 0. The Kier molecular flexibility index (Phi) is 6.15. The molecule has 1 amide bonds. The minimum absolute atomic E-state index is 0.0243. The Morgan fingerprint density at radius 1 is 1.47 bits per heavy atom. The molecule has 1 rings (SSSR count). The minimum Gasteiger partial charge on any atom is -0.395 e. The first kappa shape index (κ1) is 14.1. The van der Waals surface area contributed by atoms with Gasteiger partial charge in [0.1, 0.15) is 10.3 Å². The fraction of sp³-hybridized carbons (Fsp3) is 0.500. The summed E-state index contributed by atoms with van der Waals surface area (Å²) >= 11 is 3.24. The Balaban J connectivity index is 2.76. The van der Waals surface area contributed by atoms with Crippen molar-refractivity contribution in [2.75, 3.05) is 19.7 Å². The van der Waals surface area contributed by atoms with Gasteiger partial charge in [-0.2, -0.15) is 0 Å². The van der Waals surface area contributed by atoms with Crippen LogP contribution >= 0.6 is 15.9 Å². The van der Waals surface area contributed by atoms with E-state index in [-0.39, 0.29) is 12.5 Å². The molecule has 0 unspecified atom stereocenters. The van der Waals surface area contributed by atoms with E-state index in [1.54, 1.807) is 23.1 Å². The van der Waals surface area contributed by atoms with Crippen LogP contribution in [0.4, 0.5) is 0 Å². The van der Waals surface area contributed by atoms with Gasteiger partial charge in [-0.05, 0) is 34.5 Å². The zero-order chi connectivity index (χ0) is 12.7. The van der Waals surface area contributed by atoms with Crippen LogP contribution in [0.15, 0.2) is 22.8 Å². The summed E-state index contributed by atoms with van der Waals surface area (Å²) in [6.07, 6.45) is 1.95. The number of hydrogen-bond acceptors (Lipinski definition) is 3. The summed E-state index contributed by atoms with van der Waals surface area (Å²) in [5.74, 6) is -0.131. The number of amides is 1. The highest BCUT2D eigenvalue weighted by Gasteiger charge is 2.15. The molecule has 1 heterocycles. The largest absolute Gasteiger partial charge is 0.395 e. The molecule has 0 radical (unpaired) electrons. The van der Waals surface area contributed by atoms with Gasteiger partial charge in [0.25, 0.3) is 5.91 Å². The van der Waals surface area contributed by atoms with Gasteiger partial charge in [0.05, 0.1) is 6.61 Å². The number of aliphatic hydroxyl groups is 1. The first-order chi connectivity index (χ1) is 8.19. The zero-order valence-corrected chi connectivity index (χ0v) is 11.5. The second kappa shape index (κ2) is 7.40. The molecule has 0 atom stereocenters. The van der Waals surface area contributed by atoms with E-state index in [2.05, 4.69) is 27.8 Å². The van der Waals surface area contributed by atoms with Gasteiger partial charge in [-0.25, -0.2) is 4.98 Å². The van der Waals surface area contributed by atoms with Crippen molar-refractivity contribution in [2.24, 2.45) is 0 Å². The van der Waals surface area contributed by atoms with Crippen LogP contribution in [0, 0.1) is 0 Å². The molecule has 5 heteroatoms. The van der Waals surface area contributed by atoms with Crippen molar-refractivity contribution in [1.29, 1.82) is 0 Å². The molecule has 94 valence electrons. The van der Waals surface area contributed by atoms with Crippen LogP contribution in [-0.2, 0) is 0 Å². The lowest BCUT2D eigenvalue weighted by atomic mass is 10.2. The van der Waals surface area contributed by atoms with Crippen molar-refractivity contribution in [2.45, 2.75) is 19.8 Å². The summed E-state index contributed by atoms with van der Waals surface area (Å²) in [5, 5.41) is 8.96. The van der Waals surface area contributed by atoms with Gasteiger partial charge in [-0.3, -0.25) is 4.79 Å². The summed E-state index contributed by atoms with van der Waals surface area (Å²) < 4.78 is 0.641. The molecule has 0 spiro atoms. The molecular formula is C12H17BrN2O2. The van der Waals surface area contributed by atoms with Crippen LogP contribution in [-0.4, -0.2) is 40.6 Å². The predicted molar refractivity (Wildman–Crippen MR) is 69.8 cm³/mol. The van der Waals surface area contributed by atoms with Crippen LogP contribution < -0.4 is 0 Å². The van der Waals surface area contributed by atoms with Crippen molar-refractivity contribution >= 4 is 21.8 Å². The Morgan fingerprint density at radius 2 is 2.24 bits per heavy atom. The van der Waals surface area contributed by atoms with E-state index in [4.69, 9.17) is 5.11 Å². The van der Waals surface area contributed by atoms with Crippen molar-refractivity contribution in [3.8, 4) is 0 Å². The maximum Gasteiger partial charge on any atom is 0.272 e. The predicted octanol–water partition coefficient (Wildman–Crippen LogP) is 2.08. The lowest BCUT2D eigenvalue weighted by Gasteiger charge is -2.21. The monoisotopic (exact) mass is 300 g/mol. The third kappa shape index (κ3) is 4.44. The lowest BCUT2D eigenvalue weighted by molar-refractivity contribution is 0.0713. The summed E-state index contributed by atoms with van der Waals surface area (Å²) in [6, 6.07) is 5.24. The molecule has 0 fully saturated rings. The summed E-state index contributed by atoms with van der Waals surface area (Å²) in [4.78, 5) is 17.9. The number of aromatic nitrogens is 1. The van der Waals surface area contributed by atoms with Gasteiger partial charge >= 0.3 is 0 Å². The van der Waals surface area contributed by atoms with E-state index in [1.807, 2.05) is 0 Å². The highest BCUT2D eigenvalue weighted by molar-refractivity contribution is 9.10. The van der Waals surface area contributed by atoms with Crippen molar-refractivity contribution in [3.63, 3.8) is 0 Å². The summed E-state index contributed by atoms with van der Waals surface area (Å²) in [6.45, 7) is 3.06. The number of rotatable bonds is 6. The average Bonchev–Trinajstić information content (AvgIpc) is 2.33. The quantitative estimate of drug-likeness (QED) is 0.819. The van der Waals surface area contributed by atoms with Crippen LogP contribution in [0.3, 0.4) is 0 Å². The maximum atomic E-state index is 12.1. The molecule has 0 aliphatic heterocycles. The molecule has 1 aromatic heterocycles. The van der Waals surface area contributed by atoms with E-state index >= 15 is 0 Å². The number of hydrogen-bond donors (Lipinski definition) is 1. The number of carbonyl (C=O) groups is 1. The molecule has 4 nitrogen and oxygen atoms in total. The smallest absolute Gasteiger partial charge is 0.272 e. The van der Waals surface area contributed by atoms with E-state index in [9.17, 15) is 4.79 Å². The fourth-order valence-corrected chi connectivity index (χ4v) is 1.82. The molecule has 0 saturated carbocycles. The molecule has 0 aliphatic rings. The van der Waals surface area contributed by atoms with Crippen molar-refractivity contribution in [3.05, 3.63) is 28.5 Å². The Bertz CT molecular complexity index is 371. The fourth-order valence-electron chi connectivity index (χ4n) is 1.47. The van der Waals surface area contributed by atoms with Crippen LogP contribution in [0.2, 0.25) is 0 Å². The van der Waals surface area contributed by atoms with Crippen LogP contribution in [0.25, 0.3) is 0 Å². The topological polar surface area (TPSA) is 53.4 Å². The van der Waals surface area contributed by atoms with E-state index in [0.29, 0.717) is 23.4 Å². The molecular weight excluding hydrogens is 284 g/mol. The number of carbonyl (C=O) groups excluding carboxylic acids is 1. The lowest BCUT2D eigenvalue weighted by Crippen LogP contribution is -2.34. The average molecular weight is 301 g/mol. The molecule has 0 saturated heterocycles. The van der Waals surface area contributed by atoms with Gasteiger partial charge in [-0.1, -0.05) is 19.4 Å². The van der Waals surface area contributed by atoms with E-state index in [1.165, 1.54) is 0 Å². The third-order valence-corrected chi connectivity index (χ3v) is 2.81. The maximum absolute atomic E-state index is 12.1. The van der Waals surface area contributed by atoms with Gasteiger partial charge < -0.3 is 10.0 Å². The standard InChI is InChI=1S/C12H17BrN2O2/c1-2-3-7-15(8-9-16)12(17)10-5-4-6-11(13)14-10/h4-6,16H,2-3,7-9H2,1H3. The van der Waals surface area contributed by atoms with Gasteiger partial charge in [0, 0.05) is 13.1 Å². The van der Waals surface area contributed by atoms with Crippen molar-refractivity contribution in [1.82, 2.24) is 9.88 Å². The normalized spacial score (nSPS) is 10.3. The number of pyridine rings is 1. The molecule has 0 aliphatic carbocycles. The number of halogens is 1. The van der Waals surface area contributed by atoms with Gasteiger partial charge in [-0.15, -0.1) is 0 Å². The molecule has 0 aromatic carbocycles. The molecule has 1 aromatic rings. The second-order valence-corrected chi connectivity index (χ2v) is 4.53. The Labute approximate surface area is 110 Å². The van der Waals surface area contributed by atoms with E-state index in [0.717, 1.165) is 12.8 Å². The van der Waals surface area contributed by atoms with Crippen molar-refractivity contribution < 1.29 is 9.90 Å². The highest BCUT2D eigenvalue weighted by Crippen LogP contribution is 2.09. The van der Waals surface area contributed by atoms with E-state index < -0.39 is 0 Å². The van der Waals surface area contributed by atoms with Gasteiger partial charge in [0.2, 0.25) is 0 Å². The number of nitrogens with zero attached hydrogens (tertiary/aromatic N) is 2. The third-order valence-electron chi connectivity index (χ3n) is 2.37. The SMILES string of the molecule is CCCCN(CCO)C(=O)c1cccc(Br)n1. The number of aliphatic hydroxyl groups excluding tert-OH is 1. The molecule has 0 bridgehead atoms. The Morgan fingerprint density at radius 3 is 2.82 bits per heavy atom. The summed E-state index contributed by atoms with van der Waals surface area (Å²) in [5.41, 5.74) is 0.406. The van der Waals surface area contributed by atoms with Crippen LogP contribution in [0.1, 0.15) is 30.3 Å². The van der Waals surface area contributed by atoms with Gasteiger partial charge in [0.15, 0.2) is 0 Å². The van der Waals surface area contributed by atoms with Crippen LogP contribution in [0.5, 0.6) is 0 Å². The first-order valence-electron chi connectivity index (χ1n) is 5.71.